The van der Waals surface area contributed by atoms with Gasteiger partial charge in [0.2, 0.25) is 0 Å². The van der Waals surface area contributed by atoms with Crippen molar-refractivity contribution >= 4 is 57.6 Å². The van der Waals surface area contributed by atoms with E-state index in [1.165, 1.54) is 63.7 Å². The summed E-state index contributed by atoms with van der Waals surface area (Å²) in [5, 5.41) is 11.1. The highest BCUT2D eigenvalue weighted by Gasteiger charge is 2.43. The van der Waals surface area contributed by atoms with Gasteiger partial charge in [0.1, 0.15) is 0 Å². The molecule has 0 unspecified atom stereocenters. The van der Waals surface area contributed by atoms with Gasteiger partial charge in [-0.25, -0.2) is 0 Å². The average Bonchev–Trinajstić information content (AvgIpc) is 3.26. The maximum Gasteiger partial charge on any atom is 0.179 e. The number of rotatable bonds is 9. The van der Waals surface area contributed by atoms with Crippen LogP contribution in [0.3, 0.4) is 0 Å². The van der Waals surface area contributed by atoms with Crippen molar-refractivity contribution in [1.82, 2.24) is 0 Å². The molecule has 286 valence electrons. The summed E-state index contributed by atoms with van der Waals surface area (Å²) < 4.78 is 0. The Kier molecular flexibility index (Phi) is 10.7. The number of benzene rings is 8. The summed E-state index contributed by atoms with van der Waals surface area (Å²) >= 11 is 0. The van der Waals surface area contributed by atoms with Gasteiger partial charge >= 0.3 is 0 Å². The normalized spacial score (nSPS) is 12.3. The number of hydrogen-bond donors (Lipinski definition) is 0. The number of hydrogen-bond acceptors (Lipinski definition) is 0. The van der Waals surface area contributed by atoms with E-state index in [0.29, 0.717) is 0 Å². The monoisotopic (exact) mass is 782 g/mol. The zero-order chi connectivity index (χ0) is 40.4. The van der Waals surface area contributed by atoms with Crippen LogP contribution in [0.2, 0.25) is 0 Å². The molecule has 0 radical (unpaired) electrons. The lowest BCUT2D eigenvalue weighted by Crippen LogP contribution is -2.74. The van der Waals surface area contributed by atoms with Gasteiger partial charge in [0.25, 0.3) is 0 Å². The largest absolute Gasteiger partial charge is 0.179 e. The van der Waals surface area contributed by atoms with Crippen LogP contribution in [-0.2, 0) is 10.8 Å². The Balaban J connectivity index is 1.27. The van der Waals surface area contributed by atoms with Crippen LogP contribution in [-0.4, -0.2) is 16.1 Å². The SMILES string of the molecule is CC(C)(C)c1ccc([Si](c2ccccc2)(c2ccccc2)c2ccc(-c3ccc([Si](c4ccccc4)(c4ccccc4)c4cccc(C(C)(C)C)c4)cc3)cc2)cc1. The van der Waals surface area contributed by atoms with E-state index in [-0.39, 0.29) is 10.8 Å². The molecule has 0 saturated carbocycles. The molecule has 8 rings (SSSR count). The third kappa shape index (κ3) is 7.17. The fraction of sp³-hybridized carbons (Fsp3) is 0.143. The Morgan fingerprint density at radius 2 is 0.517 bits per heavy atom. The second-order valence-corrected chi connectivity index (χ2v) is 25.4. The van der Waals surface area contributed by atoms with E-state index >= 15 is 0 Å². The van der Waals surface area contributed by atoms with Crippen molar-refractivity contribution in [2.24, 2.45) is 0 Å². The van der Waals surface area contributed by atoms with Crippen LogP contribution in [0.1, 0.15) is 52.7 Å². The summed E-state index contributed by atoms with van der Waals surface area (Å²) in [4.78, 5) is 0. The Morgan fingerprint density at radius 1 is 0.241 bits per heavy atom. The van der Waals surface area contributed by atoms with E-state index in [9.17, 15) is 0 Å². The molecule has 58 heavy (non-hydrogen) atoms. The maximum absolute atomic E-state index is 2.69. The molecule has 0 atom stereocenters. The molecule has 8 aromatic rings. The summed E-state index contributed by atoms with van der Waals surface area (Å²) in [6.45, 7) is 13.8. The van der Waals surface area contributed by atoms with Gasteiger partial charge in [0, 0.05) is 0 Å². The molecule has 0 saturated heterocycles. The van der Waals surface area contributed by atoms with Gasteiger partial charge in [0.05, 0.1) is 0 Å². The second-order valence-electron chi connectivity index (χ2n) is 17.8. The van der Waals surface area contributed by atoms with Gasteiger partial charge in [-0.05, 0) is 74.6 Å². The lowest BCUT2D eigenvalue weighted by atomic mass is 9.87. The Labute approximate surface area is 349 Å². The minimum absolute atomic E-state index is 0.0386. The summed E-state index contributed by atoms with van der Waals surface area (Å²) in [6.07, 6.45) is 0. The van der Waals surface area contributed by atoms with Crippen LogP contribution < -0.4 is 41.5 Å². The third-order valence-corrected chi connectivity index (χ3v) is 21.7. The molecule has 0 aliphatic heterocycles. The van der Waals surface area contributed by atoms with Crippen molar-refractivity contribution in [3.05, 3.63) is 230 Å². The molecule has 2 heteroatoms. The molecule has 0 spiro atoms. The highest BCUT2D eigenvalue weighted by Crippen LogP contribution is 2.25. The highest BCUT2D eigenvalue weighted by molar-refractivity contribution is 7.20. The molecule has 0 fully saturated rings. The fourth-order valence-electron chi connectivity index (χ4n) is 9.02. The lowest BCUT2D eigenvalue weighted by Gasteiger charge is -2.35. The summed E-state index contributed by atoms with van der Waals surface area (Å²) in [7, 11) is -5.36. The summed E-state index contributed by atoms with van der Waals surface area (Å²) in [6, 6.07) is 83.0. The van der Waals surface area contributed by atoms with Crippen LogP contribution in [0, 0.1) is 0 Å². The quantitative estimate of drug-likeness (QED) is 0.102. The van der Waals surface area contributed by atoms with Gasteiger partial charge in [-0.15, -0.1) is 0 Å². The Morgan fingerprint density at radius 3 is 0.845 bits per heavy atom. The Hall–Kier alpha value is -5.81. The summed E-state index contributed by atoms with van der Waals surface area (Å²) in [5.74, 6) is 0. The van der Waals surface area contributed by atoms with Gasteiger partial charge in [0.15, 0.2) is 16.1 Å². The van der Waals surface area contributed by atoms with Gasteiger partial charge in [-0.3, -0.25) is 0 Å². The van der Waals surface area contributed by atoms with Gasteiger partial charge in [-0.1, -0.05) is 260 Å². The van der Waals surface area contributed by atoms with Crippen LogP contribution in [0.25, 0.3) is 11.1 Å². The zero-order valence-electron chi connectivity index (χ0n) is 34.8. The molecule has 0 aromatic heterocycles. The van der Waals surface area contributed by atoms with E-state index in [2.05, 4.69) is 260 Å². The van der Waals surface area contributed by atoms with Crippen LogP contribution in [0.5, 0.6) is 0 Å². The first-order valence-corrected chi connectivity index (χ1v) is 24.7. The van der Waals surface area contributed by atoms with E-state index < -0.39 is 16.1 Å². The van der Waals surface area contributed by atoms with Crippen molar-refractivity contribution in [3.8, 4) is 11.1 Å². The van der Waals surface area contributed by atoms with E-state index in [4.69, 9.17) is 0 Å². The molecular weight excluding hydrogens is 729 g/mol. The maximum atomic E-state index is 2.49. The average molecular weight is 783 g/mol. The van der Waals surface area contributed by atoms with E-state index in [1.807, 2.05) is 0 Å². The van der Waals surface area contributed by atoms with Crippen molar-refractivity contribution < 1.29 is 0 Å². The second kappa shape index (κ2) is 15.9. The fourth-order valence-corrected chi connectivity index (χ4v) is 18.5. The first-order valence-electron chi connectivity index (χ1n) is 20.7. The molecular formula is C56H54Si2. The topological polar surface area (TPSA) is 0 Å². The van der Waals surface area contributed by atoms with Crippen LogP contribution in [0.4, 0.5) is 0 Å². The zero-order valence-corrected chi connectivity index (χ0v) is 36.8. The molecule has 0 bridgehead atoms. The first kappa shape index (κ1) is 39.0. The molecule has 0 aliphatic carbocycles. The van der Waals surface area contributed by atoms with E-state index in [0.717, 1.165) is 0 Å². The van der Waals surface area contributed by atoms with Crippen molar-refractivity contribution in [3.63, 3.8) is 0 Å². The van der Waals surface area contributed by atoms with Gasteiger partial charge in [-0.2, -0.15) is 0 Å². The minimum atomic E-state index is -2.69. The molecule has 0 N–H and O–H groups in total. The highest BCUT2D eigenvalue weighted by atomic mass is 28.3. The van der Waals surface area contributed by atoms with Gasteiger partial charge < -0.3 is 0 Å². The van der Waals surface area contributed by atoms with Crippen molar-refractivity contribution in [1.29, 1.82) is 0 Å². The van der Waals surface area contributed by atoms with Crippen molar-refractivity contribution in [2.45, 2.75) is 52.4 Å². The summed E-state index contributed by atoms with van der Waals surface area (Å²) in [5.41, 5.74) is 5.29. The molecule has 0 amide bonds. The van der Waals surface area contributed by atoms with E-state index in [1.54, 1.807) is 0 Å². The molecule has 0 heterocycles. The van der Waals surface area contributed by atoms with Crippen LogP contribution in [0.15, 0.2) is 218 Å². The minimum Gasteiger partial charge on any atom is -0.0623 e. The predicted molar refractivity (Wildman–Crippen MR) is 257 cm³/mol. The third-order valence-electron chi connectivity index (χ3n) is 12.1. The Bertz CT molecular complexity index is 2480. The molecule has 0 aliphatic rings. The van der Waals surface area contributed by atoms with Crippen molar-refractivity contribution in [2.75, 3.05) is 0 Å². The predicted octanol–water partition coefficient (Wildman–Crippen LogP) is 8.70. The molecule has 8 aromatic carbocycles. The lowest BCUT2D eigenvalue weighted by molar-refractivity contribution is 0.590. The standard InChI is InChI=1S/C56H54Si2/c1-55(2,3)45-34-40-53(41-35-45)57(47-21-11-7-12-22-47,48-23-13-8-14-24-48)51-36-30-43(31-37-51)44-32-38-52(39-33-44)58(49-25-15-9-16-26-49,50-27-17-10-18-28-50)54-29-19-20-46(42-54)56(4,5)6/h7-42H,1-6H3. The first-order chi connectivity index (χ1) is 28.0. The molecule has 0 nitrogen and oxygen atoms in total. The smallest absolute Gasteiger partial charge is 0.0623 e. The van der Waals surface area contributed by atoms with Crippen LogP contribution >= 0.6 is 0 Å².